The summed E-state index contributed by atoms with van der Waals surface area (Å²) in [7, 11) is 0. The number of nitrogens with zero attached hydrogens (tertiary/aromatic N) is 3. The molecule has 8 nitrogen and oxygen atoms in total. The number of nitrogens with one attached hydrogen (secondary N) is 2. The number of hydrogen-bond donors (Lipinski definition) is 3. The van der Waals surface area contributed by atoms with Crippen molar-refractivity contribution in [1.29, 1.82) is 0 Å². The summed E-state index contributed by atoms with van der Waals surface area (Å²) in [6, 6.07) is 0. The molecular weight excluding hydrogens is 212 g/mol. The Morgan fingerprint density at radius 2 is 2.50 bits per heavy atom. The molecule has 0 unspecified atom stereocenters. The normalized spacial score (nSPS) is 10.3. The molecule has 1 amide bonds. The first-order valence-electron chi connectivity index (χ1n) is 4.53. The Labute approximate surface area is 90.2 Å². The van der Waals surface area contributed by atoms with Crippen LogP contribution in [-0.4, -0.2) is 26.2 Å². The average Bonchev–Trinajstić information content (AvgIpc) is 2.84. The zero-order valence-corrected chi connectivity index (χ0v) is 8.52. The highest BCUT2D eigenvalue weighted by molar-refractivity contribution is 5.96. The SMILES string of the molecule is Cc1nc(CNC(=O)c2[nH]ncc2N)no1. The second-order valence-corrected chi connectivity index (χ2v) is 3.11. The van der Waals surface area contributed by atoms with Crippen molar-refractivity contribution >= 4 is 11.6 Å². The van der Waals surface area contributed by atoms with Gasteiger partial charge in [-0.1, -0.05) is 5.16 Å². The van der Waals surface area contributed by atoms with Crippen molar-refractivity contribution in [2.75, 3.05) is 5.73 Å². The number of H-pyrrole nitrogens is 1. The molecule has 2 aromatic rings. The second-order valence-electron chi connectivity index (χ2n) is 3.11. The van der Waals surface area contributed by atoms with Gasteiger partial charge in [0.1, 0.15) is 5.69 Å². The summed E-state index contributed by atoms with van der Waals surface area (Å²) in [5, 5.41) is 12.4. The second kappa shape index (κ2) is 4.01. The van der Waals surface area contributed by atoms with Gasteiger partial charge in [0, 0.05) is 6.92 Å². The van der Waals surface area contributed by atoms with E-state index in [4.69, 9.17) is 10.3 Å². The highest BCUT2D eigenvalue weighted by Crippen LogP contribution is 2.05. The average molecular weight is 222 g/mol. The number of aromatic amines is 1. The Hall–Kier alpha value is -2.38. The summed E-state index contributed by atoms with van der Waals surface area (Å²) >= 11 is 0. The van der Waals surface area contributed by atoms with Gasteiger partial charge < -0.3 is 15.6 Å². The van der Waals surface area contributed by atoms with E-state index in [1.165, 1.54) is 6.20 Å². The van der Waals surface area contributed by atoms with Gasteiger partial charge in [-0.05, 0) is 0 Å². The minimum absolute atomic E-state index is 0.175. The molecule has 8 heteroatoms. The molecule has 0 aliphatic rings. The molecule has 2 rings (SSSR count). The van der Waals surface area contributed by atoms with Crippen molar-refractivity contribution in [3.63, 3.8) is 0 Å². The van der Waals surface area contributed by atoms with Gasteiger partial charge in [0.05, 0.1) is 18.4 Å². The van der Waals surface area contributed by atoms with Crippen LogP contribution in [0.5, 0.6) is 0 Å². The van der Waals surface area contributed by atoms with Crippen LogP contribution in [-0.2, 0) is 6.54 Å². The Morgan fingerprint density at radius 1 is 1.69 bits per heavy atom. The van der Waals surface area contributed by atoms with E-state index in [-0.39, 0.29) is 18.1 Å². The Balaban J connectivity index is 1.96. The first kappa shape index (κ1) is 10.1. The smallest absolute Gasteiger partial charge is 0.271 e. The largest absolute Gasteiger partial charge is 0.396 e. The van der Waals surface area contributed by atoms with Gasteiger partial charge in [0.15, 0.2) is 5.82 Å². The number of aryl methyl sites for hydroxylation is 1. The minimum atomic E-state index is -0.363. The van der Waals surface area contributed by atoms with Crippen LogP contribution in [0.4, 0.5) is 5.69 Å². The maximum Gasteiger partial charge on any atom is 0.271 e. The van der Waals surface area contributed by atoms with Crippen LogP contribution < -0.4 is 11.1 Å². The van der Waals surface area contributed by atoms with Gasteiger partial charge in [-0.3, -0.25) is 9.89 Å². The molecular formula is C8H10N6O2. The molecule has 0 fully saturated rings. The fraction of sp³-hybridized carbons (Fsp3) is 0.250. The number of aromatic nitrogens is 4. The van der Waals surface area contributed by atoms with Crippen molar-refractivity contribution in [1.82, 2.24) is 25.7 Å². The van der Waals surface area contributed by atoms with Gasteiger partial charge in [0.25, 0.3) is 5.91 Å². The van der Waals surface area contributed by atoms with Crippen LogP contribution in [0, 0.1) is 6.92 Å². The summed E-state index contributed by atoms with van der Waals surface area (Å²) in [5.41, 5.74) is 6.03. The highest BCUT2D eigenvalue weighted by Gasteiger charge is 2.12. The van der Waals surface area contributed by atoms with E-state index in [2.05, 4.69) is 25.7 Å². The lowest BCUT2D eigenvalue weighted by atomic mass is 10.3. The predicted molar refractivity (Wildman–Crippen MR) is 53.2 cm³/mol. The first-order valence-corrected chi connectivity index (χ1v) is 4.53. The third-order valence-corrected chi connectivity index (χ3v) is 1.87. The lowest BCUT2D eigenvalue weighted by molar-refractivity contribution is 0.0945. The lowest BCUT2D eigenvalue weighted by Crippen LogP contribution is -2.24. The van der Waals surface area contributed by atoms with Gasteiger partial charge in [-0.25, -0.2) is 0 Å². The third-order valence-electron chi connectivity index (χ3n) is 1.87. The van der Waals surface area contributed by atoms with Crippen LogP contribution in [0.2, 0.25) is 0 Å². The van der Waals surface area contributed by atoms with Crippen molar-refractivity contribution < 1.29 is 9.32 Å². The molecule has 84 valence electrons. The van der Waals surface area contributed by atoms with E-state index in [9.17, 15) is 4.79 Å². The third kappa shape index (κ3) is 2.00. The number of carbonyl (C=O) groups excluding carboxylic acids is 1. The maximum atomic E-state index is 11.6. The molecule has 0 aromatic carbocycles. The van der Waals surface area contributed by atoms with Crippen LogP contribution in [0.3, 0.4) is 0 Å². The van der Waals surface area contributed by atoms with Crippen molar-refractivity contribution in [2.45, 2.75) is 13.5 Å². The lowest BCUT2D eigenvalue weighted by Gasteiger charge is -2.00. The van der Waals surface area contributed by atoms with E-state index in [0.29, 0.717) is 17.4 Å². The number of amides is 1. The first-order chi connectivity index (χ1) is 7.66. The molecule has 0 atom stereocenters. The molecule has 0 radical (unpaired) electrons. The van der Waals surface area contributed by atoms with Crippen LogP contribution in [0.25, 0.3) is 0 Å². The number of hydrogen-bond acceptors (Lipinski definition) is 6. The molecule has 2 heterocycles. The molecule has 16 heavy (non-hydrogen) atoms. The molecule has 0 spiro atoms. The van der Waals surface area contributed by atoms with Crippen LogP contribution in [0.1, 0.15) is 22.2 Å². The Kier molecular flexibility index (Phi) is 2.54. The van der Waals surface area contributed by atoms with Gasteiger partial charge in [-0.15, -0.1) is 0 Å². The topological polar surface area (TPSA) is 123 Å². The molecule has 2 aromatic heterocycles. The van der Waals surface area contributed by atoms with Gasteiger partial charge in [-0.2, -0.15) is 10.1 Å². The molecule has 0 saturated heterocycles. The van der Waals surface area contributed by atoms with Crippen molar-refractivity contribution in [3.05, 3.63) is 23.6 Å². The standard InChI is InChI=1S/C8H10N6O2/c1-4-12-6(14-16-4)3-10-8(15)7-5(9)2-11-13-7/h2H,3,9H2,1H3,(H,10,15)(H,11,13). The zero-order valence-electron chi connectivity index (χ0n) is 8.52. The summed E-state index contributed by atoms with van der Waals surface area (Å²) in [6.07, 6.45) is 1.37. The predicted octanol–water partition coefficient (Wildman–Crippen LogP) is -0.387. The van der Waals surface area contributed by atoms with Crippen molar-refractivity contribution in [3.8, 4) is 0 Å². The Morgan fingerprint density at radius 3 is 3.06 bits per heavy atom. The summed E-state index contributed by atoms with van der Waals surface area (Å²) in [6.45, 7) is 1.85. The number of rotatable bonds is 3. The molecule has 0 saturated carbocycles. The van der Waals surface area contributed by atoms with Crippen LogP contribution in [0.15, 0.2) is 10.7 Å². The Bertz CT molecular complexity index is 502. The maximum absolute atomic E-state index is 11.6. The van der Waals surface area contributed by atoms with Gasteiger partial charge >= 0.3 is 0 Å². The fourth-order valence-corrected chi connectivity index (χ4v) is 1.14. The van der Waals surface area contributed by atoms with E-state index < -0.39 is 0 Å². The van der Waals surface area contributed by atoms with E-state index >= 15 is 0 Å². The minimum Gasteiger partial charge on any atom is -0.396 e. The summed E-state index contributed by atoms with van der Waals surface area (Å²) in [5.74, 6) is 0.492. The van der Waals surface area contributed by atoms with Crippen molar-refractivity contribution in [2.24, 2.45) is 0 Å². The summed E-state index contributed by atoms with van der Waals surface area (Å²) < 4.78 is 4.75. The highest BCUT2D eigenvalue weighted by atomic mass is 16.5. The van der Waals surface area contributed by atoms with E-state index in [1.807, 2.05) is 0 Å². The molecule has 0 aliphatic heterocycles. The number of anilines is 1. The molecule has 0 bridgehead atoms. The van der Waals surface area contributed by atoms with E-state index in [1.54, 1.807) is 6.92 Å². The summed E-state index contributed by atoms with van der Waals surface area (Å²) in [4.78, 5) is 15.5. The van der Waals surface area contributed by atoms with E-state index in [0.717, 1.165) is 0 Å². The monoisotopic (exact) mass is 222 g/mol. The number of nitrogen functional groups attached to an aromatic ring is 1. The number of carbonyl (C=O) groups is 1. The molecule has 4 N–H and O–H groups in total. The quantitative estimate of drug-likeness (QED) is 0.650. The molecule has 0 aliphatic carbocycles. The number of nitrogens with two attached hydrogens (primary N) is 1. The zero-order chi connectivity index (χ0) is 11.5. The van der Waals surface area contributed by atoms with Gasteiger partial charge in [0.2, 0.25) is 5.89 Å². The van der Waals surface area contributed by atoms with Crippen LogP contribution >= 0.6 is 0 Å². The fourth-order valence-electron chi connectivity index (χ4n) is 1.14.